The third kappa shape index (κ3) is 5.81. The summed E-state index contributed by atoms with van der Waals surface area (Å²) in [5.41, 5.74) is 0.682. The molecule has 13 heteroatoms. The number of sulfone groups is 1. The van der Waals surface area contributed by atoms with Gasteiger partial charge < -0.3 is 14.7 Å². The van der Waals surface area contributed by atoms with Crippen molar-refractivity contribution in [3.05, 3.63) is 54.6 Å². The monoisotopic (exact) mass is 580 g/mol. The minimum atomic E-state index is -3.50. The first-order valence-electron chi connectivity index (χ1n) is 12.8. The van der Waals surface area contributed by atoms with Gasteiger partial charge in [-0.25, -0.2) is 42.4 Å². The molecule has 3 heterocycles. The molecule has 1 aliphatic rings. The topological polar surface area (TPSA) is 139 Å². The number of amides is 1. The number of halogens is 1. The highest BCUT2D eigenvalue weighted by Gasteiger charge is 2.30. The Balaban J connectivity index is 1.66. The van der Waals surface area contributed by atoms with E-state index in [-0.39, 0.29) is 22.2 Å². The molecule has 5 rings (SSSR count). The molecular formula is C28H29FN6O5S. The van der Waals surface area contributed by atoms with Gasteiger partial charge in [-0.05, 0) is 50.6 Å². The standard InChI is InChI=1S/C28H29FN6O5S/c1-28(2,3)35(27(36)37)26-30-15-18(16-31-26)24-32-23-14-20(17-6-5-7-19(12-17)41(4,38)39)22(29)13-21(23)25(33-24)34-8-10-40-11-9-34/h5-7,12-16H,8-11H2,1-4H3,(H,36,37). The molecule has 1 fully saturated rings. The summed E-state index contributed by atoms with van der Waals surface area (Å²) in [7, 11) is -3.50. The minimum Gasteiger partial charge on any atom is -0.465 e. The van der Waals surface area contributed by atoms with Crippen LogP contribution in [0.15, 0.2) is 53.7 Å². The van der Waals surface area contributed by atoms with Crippen LogP contribution in [-0.2, 0) is 14.6 Å². The number of nitrogens with zero attached hydrogens (tertiary/aromatic N) is 6. The van der Waals surface area contributed by atoms with Gasteiger partial charge in [-0.2, -0.15) is 0 Å². The van der Waals surface area contributed by atoms with Crippen LogP contribution in [0.5, 0.6) is 0 Å². The van der Waals surface area contributed by atoms with E-state index in [9.17, 15) is 18.3 Å². The maximum atomic E-state index is 15.6. The molecule has 4 aromatic rings. The first-order chi connectivity index (χ1) is 19.3. The van der Waals surface area contributed by atoms with Gasteiger partial charge in [0.2, 0.25) is 5.95 Å². The fraction of sp³-hybridized carbons (Fsp3) is 0.321. The van der Waals surface area contributed by atoms with Crippen molar-refractivity contribution in [1.29, 1.82) is 0 Å². The number of hydrogen-bond acceptors (Lipinski definition) is 9. The smallest absolute Gasteiger partial charge is 0.414 e. The number of benzene rings is 2. The lowest BCUT2D eigenvalue weighted by molar-refractivity contribution is 0.122. The maximum absolute atomic E-state index is 15.6. The second kappa shape index (κ2) is 10.6. The normalized spacial score (nSPS) is 14.3. The number of anilines is 2. The highest BCUT2D eigenvalue weighted by Crippen LogP contribution is 2.34. The Hall–Kier alpha value is -4.23. The van der Waals surface area contributed by atoms with Crippen molar-refractivity contribution >= 4 is 38.6 Å². The van der Waals surface area contributed by atoms with E-state index in [1.165, 1.54) is 30.6 Å². The van der Waals surface area contributed by atoms with Gasteiger partial charge in [-0.1, -0.05) is 12.1 Å². The van der Waals surface area contributed by atoms with E-state index < -0.39 is 27.3 Å². The van der Waals surface area contributed by atoms with E-state index in [0.29, 0.717) is 54.2 Å². The maximum Gasteiger partial charge on any atom is 0.414 e. The van der Waals surface area contributed by atoms with Crippen LogP contribution in [0.25, 0.3) is 33.4 Å². The average molecular weight is 581 g/mol. The molecule has 0 atom stereocenters. The van der Waals surface area contributed by atoms with E-state index in [4.69, 9.17) is 14.7 Å². The van der Waals surface area contributed by atoms with Crippen molar-refractivity contribution in [3.8, 4) is 22.5 Å². The zero-order chi connectivity index (χ0) is 29.5. The number of ether oxygens (including phenoxy) is 1. The second-order valence-electron chi connectivity index (χ2n) is 10.7. The third-order valence-electron chi connectivity index (χ3n) is 6.61. The Kier molecular flexibility index (Phi) is 7.34. The van der Waals surface area contributed by atoms with Crippen LogP contribution in [-0.4, -0.2) is 77.7 Å². The fourth-order valence-corrected chi connectivity index (χ4v) is 5.29. The van der Waals surface area contributed by atoms with Gasteiger partial charge in [0.15, 0.2) is 15.7 Å². The molecule has 0 bridgehead atoms. The Morgan fingerprint density at radius 2 is 1.73 bits per heavy atom. The van der Waals surface area contributed by atoms with Gasteiger partial charge >= 0.3 is 6.09 Å². The highest BCUT2D eigenvalue weighted by molar-refractivity contribution is 7.90. The van der Waals surface area contributed by atoms with Crippen LogP contribution in [0, 0.1) is 5.82 Å². The van der Waals surface area contributed by atoms with Crippen LogP contribution in [0.4, 0.5) is 21.0 Å². The van der Waals surface area contributed by atoms with Gasteiger partial charge in [0.05, 0.1) is 29.2 Å². The molecule has 2 aromatic carbocycles. The van der Waals surface area contributed by atoms with Crippen LogP contribution >= 0.6 is 0 Å². The van der Waals surface area contributed by atoms with Gasteiger partial charge in [-0.15, -0.1) is 0 Å². The Morgan fingerprint density at radius 1 is 1.05 bits per heavy atom. The average Bonchev–Trinajstić information content (AvgIpc) is 2.92. The third-order valence-corrected chi connectivity index (χ3v) is 7.72. The molecule has 214 valence electrons. The predicted molar refractivity (Wildman–Crippen MR) is 152 cm³/mol. The zero-order valence-corrected chi connectivity index (χ0v) is 23.8. The molecule has 0 unspecified atom stereocenters. The molecule has 2 aromatic heterocycles. The van der Waals surface area contributed by atoms with Crippen LogP contribution in [0.1, 0.15) is 20.8 Å². The van der Waals surface area contributed by atoms with E-state index >= 15 is 4.39 Å². The lowest BCUT2D eigenvalue weighted by Gasteiger charge is -2.31. The molecule has 0 saturated carbocycles. The summed E-state index contributed by atoms with van der Waals surface area (Å²) >= 11 is 0. The van der Waals surface area contributed by atoms with Crippen LogP contribution < -0.4 is 9.80 Å². The SMILES string of the molecule is CC(C)(C)N(C(=O)O)c1ncc(-c2nc(N3CCOCC3)c3cc(F)c(-c4cccc(S(C)(=O)=O)c4)cc3n2)cn1. The molecule has 0 spiro atoms. The van der Waals surface area contributed by atoms with E-state index in [2.05, 4.69) is 9.97 Å². The van der Waals surface area contributed by atoms with E-state index in [0.717, 1.165) is 11.2 Å². The molecular weight excluding hydrogens is 551 g/mol. The van der Waals surface area contributed by atoms with Crippen molar-refractivity contribution < 1.29 is 27.4 Å². The number of fused-ring (bicyclic) bond motifs is 1. The highest BCUT2D eigenvalue weighted by atomic mass is 32.2. The second-order valence-corrected chi connectivity index (χ2v) is 12.7. The molecule has 1 aliphatic heterocycles. The van der Waals surface area contributed by atoms with Gasteiger partial charge in [-0.3, -0.25) is 0 Å². The Labute approximate surface area is 236 Å². The molecule has 0 radical (unpaired) electrons. The van der Waals surface area contributed by atoms with Crippen molar-refractivity contribution in [3.63, 3.8) is 0 Å². The lowest BCUT2D eigenvalue weighted by Crippen LogP contribution is -2.46. The van der Waals surface area contributed by atoms with Crippen molar-refractivity contribution in [2.24, 2.45) is 0 Å². The zero-order valence-electron chi connectivity index (χ0n) is 23.0. The molecule has 0 aliphatic carbocycles. The number of carboxylic acid groups (broad SMARTS) is 1. The fourth-order valence-electron chi connectivity index (χ4n) is 4.62. The Bertz CT molecular complexity index is 1740. The number of hydrogen-bond donors (Lipinski definition) is 1. The summed E-state index contributed by atoms with van der Waals surface area (Å²) in [6.45, 7) is 7.26. The molecule has 1 amide bonds. The molecule has 41 heavy (non-hydrogen) atoms. The quantitative estimate of drug-likeness (QED) is 0.361. The first kappa shape index (κ1) is 28.3. The van der Waals surface area contributed by atoms with E-state index in [1.807, 2.05) is 4.90 Å². The summed E-state index contributed by atoms with van der Waals surface area (Å²) < 4.78 is 45.3. The number of carbonyl (C=O) groups is 1. The van der Waals surface area contributed by atoms with Crippen molar-refractivity contribution in [2.45, 2.75) is 31.2 Å². The predicted octanol–water partition coefficient (Wildman–Crippen LogP) is 4.42. The number of morpholine rings is 1. The van der Waals surface area contributed by atoms with Gasteiger partial charge in [0, 0.05) is 48.2 Å². The summed E-state index contributed by atoms with van der Waals surface area (Å²) in [5, 5.41) is 10.2. The van der Waals surface area contributed by atoms with Crippen LogP contribution in [0.3, 0.4) is 0 Å². The summed E-state index contributed by atoms with van der Waals surface area (Å²) in [4.78, 5) is 33.0. The number of aromatic nitrogens is 4. The van der Waals surface area contributed by atoms with Gasteiger partial charge in [0.25, 0.3) is 0 Å². The summed E-state index contributed by atoms with van der Waals surface area (Å²) in [6.07, 6.45) is 2.82. The summed E-state index contributed by atoms with van der Waals surface area (Å²) in [5.74, 6) is 0.246. The van der Waals surface area contributed by atoms with Crippen LogP contribution in [0.2, 0.25) is 0 Å². The molecule has 1 saturated heterocycles. The molecule has 11 nitrogen and oxygen atoms in total. The summed E-state index contributed by atoms with van der Waals surface area (Å²) in [6, 6.07) is 9.03. The van der Waals surface area contributed by atoms with Gasteiger partial charge in [0.1, 0.15) is 11.6 Å². The number of rotatable bonds is 5. The lowest BCUT2D eigenvalue weighted by atomic mass is 10.0. The van der Waals surface area contributed by atoms with Crippen molar-refractivity contribution in [2.75, 3.05) is 42.4 Å². The largest absolute Gasteiger partial charge is 0.465 e. The van der Waals surface area contributed by atoms with Crippen molar-refractivity contribution in [1.82, 2.24) is 19.9 Å². The Morgan fingerprint density at radius 3 is 2.34 bits per heavy atom. The van der Waals surface area contributed by atoms with E-state index in [1.54, 1.807) is 39.0 Å². The molecule has 1 N–H and O–H groups in total. The minimum absolute atomic E-state index is 0.0121. The first-order valence-corrected chi connectivity index (χ1v) is 14.7.